The summed E-state index contributed by atoms with van der Waals surface area (Å²) in [7, 11) is -3.57. The zero-order valence-electron chi connectivity index (χ0n) is 20.2. The molecule has 1 aromatic carbocycles. The number of hydrogen-bond acceptors (Lipinski definition) is 5. The van der Waals surface area contributed by atoms with E-state index in [-0.39, 0.29) is 35.3 Å². The van der Waals surface area contributed by atoms with Crippen LogP contribution in [0.15, 0.2) is 29.2 Å². The third-order valence-electron chi connectivity index (χ3n) is 8.53. The molecule has 4 aliphatic carbocycles. The minimum Gasteiger partial charge on any atom is -0.452 e. The average molecular weight is 489 g/mol. The van der Waals surface area contributed by atoms with Gasteiger partial charge in [0.1, 0.15) is 0 Å². The van der Waals surface area contributed by atoms with E-state index < -0.39 is 22.1 Å². The summed E-state index contributed by atoms with van der Waals surface area (Å²) in [6, 6.07) is 6.81. The minimum absolute atomic E-state index is 0.109. The number of hydrogen-bond donors (Lipinski definition) is 1. The Labute approximate surface area is 202 Å². The van der Waals surface area contributed by atoms with Crippen molar-refractivity contribution in [3.8, 4) is 0 Å². The van der Waals surface area contributed by atoms with E-state index in [2.05, 4.69) is 5.32 Å². The first kappa shape index (κ1) is 23.8. The van der Waals surface area contributed by atoms with Crippen molar-refractivity contribution in [3.05, 3.63) is 29.8 Å². The summed E-state index contributed by atoms with van der Waals surface area (Å²) >= 11 is 0. The third-order valence-corrected chi connectivity index (χ3v) is 10.4. The Morgan fingerprint density at radius 1 is 1.00 bits per heavy atom. The molecule has 1 aromatic rings. The number of nitrogens with one attached hydrogen (secondary N) is 1. The van der Waals surface area contributed by atoms with Gasteiger partial charge >= 0.3 is 5.97 Å². The lowest BCUT2D eigenvalue weighted by molar-refractivity contribution is -0.161. The molecule has 7 nitrogen and oxygen atoms in total. The molecule has 4 saturated carbocycles. The fraction of sp³-hybridized carbons (Fsp3) is 0.692. The SMILES string of the molecule is Cc1ccc(S(=O)(=O)N2CCC(C(=O)O[C@H](C)C(=O)NC34CC5CC(CC(C5)C3)C4)CC2)cc1. The van der Waals surface area contributed by atoms with Crippen LogP contribution in [0.25, 0.3) is 0 Å². The van der Waals surface area contributed by atoms with Gasteiger partial charge in [-0.1, -0.05) is 17.7 Å². The molecule has 5 fully saturated rings. The van der Waals surface area contributed by atoms with E-state index in [0.29, 0.717) is 12.8 Å². The van der Waals surface area contributed by atoms with Gasteiger partial charge in [0, 0.05) is 18.6 Å². The Morgan fingerprint density at radius 2 is 1.53 bits per heavy atom. The van der Waals surface area contributed by atoms with Crippen molar-refractivity contribution in [1.29, 1.82) is 0 Å². The predicted molar refractivity (Wildman–Crippen MR) is 127 cm³/mol. The molecule has 0 aromatic heterocycles. The maximum atomic E-state index is 12.9. The van der Waals surface area contributed by atoms with Crippen LogP contribution < -0.4 is 5.32 Å². The maximum absolute atomic E-state index is 12.9. The van der Waals surface area contributed by atoms with E-state index in [9.17, 15) is 18.0 Å². The molecule has 4 bridgehead atoms. The Balaban J connectivity index is 1.13. The zero-order valence-corrected chi connectivity index (χ0v) is 21.0. The van der Waals surface area contributed by atoms with Crippen molar-refractivity contribution in [2.45, 2.75) is 81.8 Å². The first-order valence-electron chi connectivity index (χ1n) is 12.7. The van der Waals surface area contributed by atoms with Crippen molar-refractivity contribution in [3.63, 3.8) is 0 Å². The van der Waals surface area contributed by atoms with Crippen molar-refractivity contribution in [1.82, 2.24) is 9.62 Å². The van der Waals surface area contributed by atoms with Crippen LogP contribution in [0.3, 0.4) is 0 Å². The van der Waals surface area contributed by atoms with Gasteiger partial charge in [-0.15, -0.1) is 0 Å². The Bertz CT molecular complexity index is 1010. The van der Waals surface area contributed by atoms with E-state index in [0.717, 1.165) is 42.6 Å². The normalized spacial score (nSPS) is 32.4. The highest BCUT2D eigenvalue weighted by Crippen LogP contribution is 2.55. The topological polar surface area (TPSA) is 92.8 Å². The van der Waals surface area contributed by atoms with Crippen molar-refractivity contribution < 1.29 is 22.7 Å². The second-order valence-corrected chi connectivity index (χ2v) is 13.2. The standard InChI is InChI=1S/C26H36N2O5S/c1-17-3-5-23(6-4-17)34(31,32)28-9-7-22(8-10-28)25(30)33-18(2)24(29)27-26-14-19-11-20(15-26)13-21(12-19)16-26/h3-6,18-22H,7-16H2,1-2H3,(H,27,29)/t18-,19?,20?,21?,26?/m1/s1. The summed E-state index contributed by atoms with van der Waals surface area (Å²) in [5, 5.41) is 3.28. The largest absolute Gasteiger partial charge is 0.452 e. The number of ether oxygens (including phenoxy) is 1. The fourth-order valence-corrected chi connectivity index (χ4v) is 8.61. The lowest BCUT2D eigenvalue weighted by Gasteiger charge is -2.57. The summed E-state index contributed by atoms with van der Waals surface area (Å²) < 4.78 is 32.8. The fourth-order valence-electron chi connectivity index (χ4n) is 7.14. The number of sulfonamides is 1. The quantitative estimate of drug-likeness (QED) is 0.620. The molecule has 1 atom stereocenters. The number of benzene rings is 1. The molecule has 5 aliphatic rings. The van der Waals surface area contributed by atoms with Gasteiger partial charge in [0.15, 0.2) is 6.10 Å². The minimum atomic E-state index is -3.57. The molecule has 0 spiro atoms. The van der Waals surface area contributed by atoms with Crippen LogP contribution >= 0.6 is 0 Å². The van der Waals surface area contributed by atoms with Crippen LogP contribution in [0.4, 0.5) is 0 Å². The Kier molecular flexibility index (Phi) is 6.25. The van der Waals surface area contributed by atoms with E-state index >= 15 is 0 Å². The van der Waals surface area contributed by atoms with Gasteiger partial charge in [0.25, 0.3) is 5.91 Å². The molecule has 0 radical (unpaired) electrons. The van der Waals surface area contributed by atoms with Gasteiger partial charge in [0.05, 0.1) is 10.8 Å². The second kappa shape index (κ2) is 8.94. The lowest BCUT2D eigenvalue weighted by Crippen LogP contribution is -2.61. The molecule has 1 saturated heterocycles. The average Bonchev–Trinajstić information content (AvgIpc) is 2.78. The molecule has 0 unspecified atom stereocenters. The number of amides is 1. The maximum Gasteiger partial charge on any atom is 0.309 e. The molecule has 1 N–H and O–H groups in total. The number of aryl methyl sites for hydroxylation is 1. The molecule has 8 heteroatoms. The van der Waals surface area contributed by atoms with Gasteiger partial charge in [-0.3, -0.25) is 9.59 Å². The number of nitrogens with zero attached hydrogens (tertiary/aromatic N) is 1. The molecule has 1 aliphatic heterocycles. The van der Waals surface area contributed by atoms with Gasteiger partial charge in [0.2, 0.25) is 10.0 Å². The van der Waals surface area contributed by atoms with Crippen LogP contribution in [0.1, 0.15) is 63.9 Å². The number of carbonyl (C=O) groups is 2. The van der Waals surface area contributed by atoms with Crippen LogP contribution in [-0.4, -0.2) is 49.3 Å². The Hall–Kier alpha value is -1.93. The van der Waals surface area contributed by atoms with E-state index in [1.807, 2.05) is 6.92 Å². The third kappa shape index (κ3) is 4.63. The smallest absolute Gasteiger partial charge is 0.309 e. The molecule has 6 rings (SSSR count). The second-order valence-electron chi connectivity index (χ2n) is 11.3. The summed E-state index contributed by atoms with van der Waals surface area (Å²) in [5.74, 6) is 1.19. The van der Waals surface area contributed by atoms with E-state index in [1.54, 1.807) is 31.2 Å². The van der Waals surface area contributed by atoms with Crippen LogP contribution in [0.2, 0.25) is 0 Å². The first-order chi connectivity index (χ1) is 16.1. The molecular weight excluding hydrogens is 452 g/mol. The first-order valence-corrected chi connectivity index (χ1v) is 14.2. The summed E-state index contributed by atoms with van der Waals surface area (Å²) in [6.45, 7) is 4.09. The number of carbonyl (C=O) groups excluding carboxylic acids is 2. The summed E-state index contributed by atoms with van der Waals surface area (Å²) in [6.07, 6.45) is 7.03. The van der Waals surface area contributed by atoms with Crippen LogP contribution in [0.5, 0.6) is 0 Å². The number of piperidine rings is 1. The highest BCUT2D eigenvalue weighted by molar-refractivity contribution is 7.89. The van der Waals surface area contributed by atoms with Crippen LogP contribution in [-0.2, 0) is 24.3 Å². The van der Waals surface area contributed by atoms with Crippen molar-refractivity contribution >= 4 is 21.9 Å². The van der Waals surface area contributed by atoms with Gasteiger partial charge < -0.3 is 10.1 Å². The molecule has 186 valence electrons. The molecular formula is C26H36N2O5S. The molecule has 1 heterocycles. The monoisotopic (exact) mass is 488 g/mol. The molecule has 34 heavy (non-hydrogen) atoms. The zero-order chi connectivity index (χ0) is 24.1. The highest BCUT2D eigenvalue weighted by atomic mass is 32.2. The number of esters is 1. The van der Waals surface area contributed by atoms with Gasteiger partial charge in [-0.05, 0) is 95.1 Å². The van der Waals surface area contributed by atoms with Crippen molar-refractivity contribution in [2.75, 3.05) is 13.1 Å². The van der Waals surface area contributed by atoms with Crippen LogP contribution in [0, 0.1) is 30.6 Å². The van der Waals surface area contributed by atoms with E-state index in [4.69, 9.17) is 4.74 Å². The van der Waals surface area contributed by atoms with Gasteiger partial charge in [-0.25, -0.2) is 8.42 Å². The summed E-state index contributed by atoms with van der Waals surface area (Å²) in [4.78, 5) is 26.0. The predicted octanol–water partition coefficient (Wildman–Crippen LogP) is 3.41. The Morgan fingerprint density at radius 3 is 2.06 bits per heavy atom. The van der Waals surface area contributed by atoms with E-state index in [1.165, 1.54) is 23.6 Å². The summed E-state index contributed by atoms with van der Waals surface area (Å²) in [5.41, 5.74) is 0.893. The number of rotatable bonds is 6. The van der Waals surface area contributed by atoms with Crippen molar-refractivity contribution in [2.24, 2.45) is 23.7 Å². The lowest BCUT2D eigenvalue weighted by atomic mass is 9.53. The van der Waals surface area contributed by atoms with Gasteiger partial charge in [-0.2, -0.15) is 4.31 Å². The molecule has 1 amide bonds. The highest BCUT2D eigenvalue weighted by Gasteiger charge is 2.52.